The van der Waals surface area contributed by atoms with Gasteiger partial charge >= 0.3 is 6.03 Å². The van der Waals surface area contributed by atoms with Crippen LogP contribution >= 0.6 is 55.4 Å². The summed E-state index contributed by atoms with van der Waals surface area (Å²) in [5, 5.41) is 4.33. The van der Waals surface area contributed by atoms with Gasteiger partial charge in [-0.1, -0.05) is 55.4 Å². The predicted molar refractivity (Wildman–Crippen MR) is 121 cm³/mol. The van der Waals surface area contributed by atoms with Crippen LogP contribution in [0.2, 0.25) is 0 Å². The van der Waals surface area contributed by atoms with Crippen molar-refractivity contribution in [3.8, 4) is 0 Å². The molecule has 3 rings (SSSR count). The molecule has 3 amide bonds. The first-order valence-corrected chi connectivity index (χ1v) is 11.8. The van der Waals surface area contributed by atoms with Crippen LogP contribution in [-0.4, -0.2) is 39.2 Å². The molecule has 1 saturated heterocycles. The zero-order valence-corrected chi connectivity index (χ0v) is 19.5. The fourth-order valence-electron chi connectivity index (χ4n) is 2.49. The average molecular weight is 558 g/mol. The van der Waals surface area contributed by atoms with E-state index in [1.54, 1.807) is 48.5 Å². The number of thioether (sulfide) groups is 2. The molecule has 0 aliphatic carbocycles. The molecule has 1 heterocycles. The number of nitrogens with one attached hydrogen (secondary N) is 2. The first-order valence-electron chi connectivity index (χ1n) is 8.28. The second-order valence-electron chi connectivity index (χ2n) is 6.16. The molecule has 0 atom stereocenters. The largest absolute Gasteiger partial charge is 0.322 e. The van der Waals surface area contributed by atoms with Crippen molar-refractivity contribution >= 4 is 77.6 Å². The molecule has 6 nitrogen and oxygen atoms in total. The highest BCUT2D eigenvalue weighted by Gasteiger charge is 2.47. The van der Waals surface area contributed by atoms with Gasteiger partial charge in [0.2, 0.25) is 10.2 Å². The number of hydrogen-bond acceptors (Lipinski definition) is 6. The highest BCUT2D eigenvalue weighted by atomic mass is 79.9. The minimum Gasteiger partial charge on any atom is -0.322 e. The van der Waals surface area contributed by atoms with E-state index in [4.69, 9.17) is 0 Å². The van der Waals surface area contributed by atoms with Crippen molar-refractivity contribution in [2.75, 3.05) is 11.5 Å². The SMILES string of the molecule is O=C1NC(=O)C(CSC(=O)c2ccc(Br)cc2)(CSC(=O)c2ccc(Br)cc2)N1. The number of amides is 3. The smallest absolute Gasteiger partial charge is 0.322 e. The lowest BCUT2D eigenvalue weighted by Crippen LogP contribution is -2.52. The first kappa shape index (κ1) is 22.1. The molecule has 0 spiro atoms. The number of imide groups is 1. The summed E-state index contributed by atoms with van der Waals surface area (Å²) in [4.78, 5) is 49.1. The van der Waals surface area contributed by atoms with E-state index in [-0.39, 0.29) is 21.7 Å². The Balaban J connectivity index is 1.69. The number of rotatable bonds is 6. The normalized spacial score (nSPS) is 15.0. The number of halogens is 2. The fourth-order valence-corrected chi connectivity index (χ4v) is 5.12. The van der Waals surface area contributed by atoms with Crippen LogP contribution in [0.5, 0.6) is 0 Å². The van der Waals surface area contributed by atoms with Crippen molar-refractivity contribution in [3.05, 3.63) is 68.6 Å². The van der Waals surface area contributed by atoms with Crippen molar-refractivity contribution in [2.24, 2.45) is 0 Å². The Hall–Kier alpha value is -1.62. The molecule has 150 valence electrons. The summed E-state index contributed by atoms with van der Waals surface area (Å²) in [7, 11) is 0. The molecule has 1 aliphatic rings. The molecule has 0 bridgehead atoms. The van der Waals surface area contributed by atoms with E-state index in [1.165, 1.54) is 0 Å². The Morgan fingerprint density at radius 2 is 1.21 bits per heavy atom. The molecule has 29 heavy (non-hydrogen) atoms. The Morgan fingerprint density at radius 1 is 0.793 bits per heavy atom. The minimum absolute atomic E-state index is 0.0140. The maximum absolute atomic E-state index is 12.5. The zero-order valence-electron chi connectivity index (χ0n) is 14.7. The van der Waals surface area contributed by atoms with Gasteiger partial charge in [0.25, 0.3) is 5.91 Å². The van der Waals surface area contributed by atoms with Crippen LogP contribution in [0.25, 0.3) is 0 Å². The summed E-state index contributed by atoms with van der Waals surface area (Å²) >= 11 is 8.48. The van der Waals surface area contributed by atoms with Gasteiger partial charge in [-0.25, -0.2) is 4.79 Å². The summed E-state index contributed by atoms with van der Waals surface area (Å²) in [6.45, 7) is 0. The Labute approximate surface area is 192 Å². The van der Waals surface area contributed by atoms with Crippen LogP contribution in [0.1, 0.15) is 20.7 Å². The molecular weight excluding hydrogens is 544 g/mol. The summed E-state index contributed by atoms with van der Waals surface area (Å²) in [5.74, 6) is -0.519. The maximum Gasteiger partial charge on any atom is 0.322 e. The number of urea groups is 1. The molecule has 10 heteroatoms. The van der Waals surface area contributed by atoms with Crippen LogP contribution < -0.4 is 10.6 Å². The summed E-state index contributed by atoms with van der Waals surface area (Å²) in [6.07, 6.45) is 0. The van der Waals surface area contributed by atoms with E-state index in [0.29, 0.717) is 11.1 Å². The van der Waals surface area contributed by atoms with Crippen LogP contribution in [0.15, 0.2) is 57.5 Å². The highest BCUT2D eigenvalue weighted by molar-refractivity contribution is 9.10. The van der Waals surface area contributed by atoms with Crippen LogP contribution in [0.4, 0.5) is 4.79 Å². The third-order valence-corrected chi connectivity index (χ3v) is 7.40. The lowest BCUT2D eigenvalue weighted by Gasteiger charge is -2.24. The highest BCUT2D eigenvalue weighted by Crippen LogP contribution is 2.27. The molecule has 2 N–H and O–H groups in total. The topological polar surface area (TPSA) is 92.3 Å². The summed E-state index contributed by atoms with van der Waals surface area (Å²) < 4.78 is 1.70. The summed E-state index contributed by atoms with van der Waals surface area (Å²) in [5.41, 5.74) is -0.379. The van der Waals surface area contributed by atoms with Crippen molar-refractivity contribution in [1.29, 1.82) is 0 Å². The predicted octanol–water partition coefficient (Wildman–Crippen LogP) is 4.24. The van der Waals surface area contributed by atoms with Gasteiger partial charge in [-0.15, -0.1) is 0 Å². The van der Waals surface area contributed by atoms with E-state index in [1.807, 2.05) is 0 Å². The van der Waals surface area contributed by atoms with Gasteiger partial charge in [0.1, 0.15) is 5.54 Å². The molecule has 1 fully saturated rings. The van der Waals surface area contributed by atoms with Crippen molar-refractivity contribution in [2.45, 2.75) is 5.54 Å². The second kappa shape index (κ2) is 9.46. The minimum atomic E-state index is -1.34. The molecule has 2 aromatic carbocycles. The van der Waals surface area contributed by atoms with Gasteiger partial charge < -0.3 is 5.32 Å². The molecule has 0 aromatic heterocycles. The number of carbonyl (C=O) groups excluding carboxylic acids is 4. The van der Waals surface area contributed by atoms with E-state index in [2.05, 4.69) is 42.5 Å². The average Bonchev–Trinajstić information content (AvgIpc) is 2.99. The molecular formula is C19H14Br2N2O4S2. The van der Waals surface area contributed by atoms with Crippen LogP contribution in [0, 0.1) is 0 Å². The third kappa shape index (κ3) is 5.50. The quantitative estimate of drug-likeness (QED) is 0.516. The van der Waals surface area contributed by atoms with Gasteiger partial charge in [0.05, 0.1) is 0 Å². The van der Waals surface area contributed by atoms with Crippen molar-refractivity contribution in [1.82, 2.24) is 10.6 Å². The molecule has 2 aromatic rings. The van der Waals surface area contributed by atoms with Crippen LogP contribution in [-0.2, 0) is 4.79 Å². The first-order chi connectivity index (χ1) is 13.8. The Kier molecular flexibility index (Phi) is 7.20. The van der Waals surface area contributed by atoms with Gasteiger partial charge in [0, 0.05) is 31.6 Å². The standard InChI is InChI=1S/C19H14Br2N2O4S2/c20-13-5-1-11(2-6-13)15(24)28-9-19(17(26)22-18(27)23-19)10-29-16(25)12-3-7-14(21)8-4-12/h1-8H,9-10H2,(H2,22,23,26,27). The van der Waals surface area contributed by atoms with Gasteiger partial charge in [-0.3, -0.25) is 19.7 Å². The fraction of sp³-hybridized carbons (Fsp3) is 0.158. The van der Waals surface area contributed by atoms with E-state index < -0.39 is 17.5 Å². The molecule has 0 radical (unpaired) electrons. The van der Waals surface area contributed by atoms with Crippen molar-refractivity contribution < 1.29 is 19.2 Å². The summed E-state index contributed by atoms with van der Waals surface area (Å²) in [6, 6.07) is 13.1. The zero-order chi connectivity index (χ0) is 21.0. The molecule has 1 aliphatic heterocycles. The van der Waals surface area contributed by atoms with Crippen molar-refractivity contribution in [3.63, 3.8) is 0 Å². The number of hydrogen-bond donors (Lipinski definition) is 2. The monoisotopic (exact) mass is 556 g/mol. The van der Waals surface area contributed by atoms with Gasteiger partial charge in [0.15, 0.2) is 0 Å². The van der Waals surface area contributed by atoms with Gasteiger partial charge in [-0.05, 0) is 48.5 Å². The molecule has 0 unspecified atom stereocenters. The number of carbonyl (C=O) groups is 4. The Bertz CT molecular complexity index is 904. The molecule has 0 saturated carbocycles. The lowest BCUT2D eigenvalue weighted by molar-refractivity contribution is -0.122. The second-order valence-corrected chi connectivity index (χ2v) is 9.88. The maximum atomic E-state index is 12.5. The number of benzene rings is 2. The Morgan fingerprint density at radius 3 is 1.55 bits per heavy atom. The van der Waals surface area contributed by atoms with E-state index in [0.717, 1.165) is 32.5 Å². The van der Waals surface area contributed by atoms with Crippen LogP contribution in [0.3, 0.4) is 0 Å². The van der Waals surface area contributed by atoms with E-state index in [9.17, 15) is 19.2 Å². The van der Waals surface area contributed by atoms with E-state index >= 15 is 0 Å². The lowest BCUT2D eigenvalue weighted by atomic mass is 10.1. The van der Waals surface area contributed by atoms with Gasteiger partial charge in [-0.2, -0.15) is 0 Å². The third-order valence-electron chi connectivity index (χ3n) is 4.07.